The van der Waals surface area contributed by atoms with Gasteiger partial charge in [0.15, 0.2) is 0 Å². The van der Waals surface area contributed by atoms with Gasteiger partial charge >= 0.3 is 37.9 Å². The number of benzene rings is 3. The Hall–Kier alpha value is -1.01. The van der Waals surface area contributed by atoms with E-state index >= 15 is 0 Å². The van der Waals surface area contributed by atoms with Gasteiger partial charge < -0.3 is 0 Å². The van der Waals surface area contributed by atoms with Crippen LogP contribution in [0.1, 0.15) is 18.1 Å². The van der Waals surface area contributed by atoms with Crippen molar-refractivity contribution in [3.8, 4) is 11.1 Å². The summed E-state index contributed by atoms with van der Waals surface area (Å²) in [6.07, 6.45) is 1.09. The van der Waals surface area contributed by atoms with Crippen LogP contribution in [0.4, 0.5) is 0 Å². The molecule has 0 aliphatic heterocycles. The average molecular weight is 446 g/mol. The number of aryl methyl sites for hydroxylation is 2. The Morgan fingerprint density at radius 2 is 1.68 bits per heavy atom. The zero-order valence-electron chi connectivity index (χ0n) is 14.3. The Bertz CT molecular complexity index is 1000. The maximum atomic E-state index is 4.93. The topological polar surface area (TPSA) is 0 Å². The molecule has 0 bridgehead atoms. The van der Waals surface area contributed by atoms with Crippen molar-refractivity contribution in [1.29, 1.82) is 0 Å². The van der Waals surface area contributed by atoms with Crippen LogP contribution in [0.15, 0.2) is 66.7 Å². The van der Waals surface area contributed by atoms with Gasteiger partial charge in [-0.3, -0.25) is 0 Å². The SMILES string of the molecule is CCc1cc2c(-c3c(C)ccc4ccccc34)cccc2[cH-]1.[Cl][Zr][Cl]. The van der Waals surface area contributed by atoms with E-state index in [1.54, 1.807) is 0 Å². The van der Waals surface area contributed by atoms with Gasteiger partial charge in [0.1, 0.15) is 0 Å². The van der Waals surface area contributed by atoms with Gasteiger partial charge in [-0.2, -0.15) is 6.07 Å². The summed E-state index contributed by atoms with van der Waals surface area (Å²) in [5, 5.41) is 5.37. The molecular formula is C22H19Cl2Zr-. The summed E-state index contributed by atoms with van der Waals surface area (Å²) in [4.78, 5) is 0. The van der Waals surface area contributed by atoms with Crippen molar-refractivity contribution in [2.24, 2.45) is 0 Å². The molecule has 0 unspecified atom stereocenters. The second kappa shape index (κ2) is 8.58. The fraction of sp³-hybridized carbons (Fsp3) is 0.136. The number of hydrogen-bond donors (Lipinski definition) is 0. The molecule has 0 saturated carbocycles. The van der Waals surface area contributed by atoms with Gasteiger partial charge in [-0.15, -0.1) is 34.5 Å². The predicted molar refractivity (Wildman–Crippen MR) is 108 cm³/mol. The first-order chi connectivity index (χ1) is 12.2. The van der Waals surface area contributed by atoms with E-state index in [1.807, 2.05) is 0 Å². The molecule has 0 amide bonds. The van der Waals surface area contributed by atoms with Crippen LogP contribution >= 0.6 is 17.0 Å². The molecule has 0 fully saturated rings. The van der Waals surface area contributed by atoms with Crippen LogP contribution in [0, 0.1) is 6.92 Å². The summed E-state index contributed by atoms with van der Waals surface area (Å²) in [5.41, 5.74) is 5.48. The van der Waals surface area contributed by atoms with Crippen molar-refractivity contribution >= 4 is 38.6 Å². The third-order valence-electron chi connectivity index (χ3n) is 4.63. The van der Waals surface area contributed by atoms with Gasteiger partial charge in [-0.25, -0.2) is 0 Å². The van der Waals surface area contributed by atoms with E-state index in [9.17, 15) is 0 Å². The third kappa shape index (κ3) is 3.90. The van der Waals surface area contributed by atoms with Crippen molar-refractivity contribution in [2.45, 2.75) is 20.3 Å². The van der Waals surface area contributed by atoms with Crippen LogP contribution in [0.3, 0.4) is 0 Å². The Balaban J connectivity index is 0.000000569. The normalized spacial score (nSPS) is 10.6. The van der Waals surface area contributed by atoms with Gasteiger partial charge in [0.05, 0.1) is 0 Å². The second-order valence-corrected chi connectivity index (χ2v) is 9.81. The number of rotatable bonds is 2. The first kappa shape index (κ1) is 18.8. The molecule has 0 atom stereocenters. The fourth-order valence-corrected chi connectivity index (χ4v) is 3.46. The first-order valence-corrected chi connectivity index (χ1v) is 14.7. The summed E-state index contributed by atoms with van der Waals surface area (Å²) in [6.45, 7) is 4.43. The maximum absolute atomic E-state index is 4.93. The van der Waals surface area contributed by atoms with Crippen LogP contribution in [-0.4, -0.2) is 0 Å². The molecule has 0 nitrogen and oxygen atoms in total. The van der Waals surface area contributed by atoms with Crippen molar-refractivity contribution in [3.05, 3.63) is 77.9 Å². The van der Waals surface area contributed by atoms with E-state index in [-0.39, 0.29) is 0 Å². The molecule has 0 heterocycles. The molecule has 126 valence electrons. The van der Waals surface area contributed by atoms with Gasteiger partial charge in [0, 0.05) is 0 Å². The number of hydrogen-bond acceptors (Lipinski definition) is 0. The van der Waals surface area contributed by atoms with Crippen molar-refractivity contribution in [1.82, 2.24) is 0 Å². The van der Waals surface area contributed by atoms with Gasteiger partial charge in [-0.1, -0.05) is 55.0 Å². The molecule has 0 aliphatic rings. The summed E-state index contributed by atoms with van der Waals surface area (Å²) in [7, 11) is 9.87. The molecule has 3 heteroatoms. The molecule has 4 aromatic carbocycles. The van der Waals surface area contributed by atoms with Gasteiger partial charge in [0.2, 0.25) is 0 Å². The van der Waals surface area contributed by atoms with Crippen molar-refractivity contribution in [3.63, 3.8) is 0 Å². The van der Waals surface area contributed by atoms with Crippen LogP contribution in [0.25, 0.3) is 32.7 Å². The number of halogens is 2. The molecule has 4 aromatic rings. The van der Waals surface area contributed by atoms with E-state index in [0.717, 1.165) is 6.42 Å². The summed E-state index contributed by atoms with van der Waals surface area (Å²) < 4.78 is 0. The van der Waals surface area contributed by atoms with E-state index < -0.39 is 20.8 Å². The minimum absolute atomic E-state index is 0.826. The molecule has 0 spiro atoms. The van der Waals surface area contributed by atoms with E-state index in [1.165, 1.54) is 43.8 Å². The van der Waals surface area contributed by atoms with Crippen molar-refractivity contribution in [2.75, 3.05) is 0 Å². The van der Waals surface area contributed by atoms with Crippen LogP contribution < -0.4 is 0 Å². The Morgan fingerprint density at radius 3 is 2.44 bits per heavy atom. The molecule has 4 rings (SSSR count). The van der Waals surface area contributed by atoms with Gasteiger partial charge in [0.25, 0.3) is 0 Å². The third-order valence-corrected chi connectivity index (χ3v) is 4.63. The summed E-state index contributed by atoms with van der Waals surface area (Å²) in [6, 6.07) is 24.5. The Labute approximate surface area is 167 Å². The number of fused-ring (bicyclic) bond motifs is 2. The summed E-state index contributed by atoms with van der Waals surface area (Å²) >= 11 is -0.826. The van der Waals surface area contributed by atoms with Gasteiger partial charge in [-0.05, 0) is 35.2 Å². The molecule has 0 aliphatic carbocycles. The molecule has 0 saturated heterocycles. The Morgan fingerprint density at radius 1 is 0.920 bits per heavy atom. The molecule has 25 heavy (non-hydrogen) atoms. The van der Waals surface area contributed by atoms with E-state index in [4.69, 9.17) is 17.0 Å². The Kier molecular flexibility index (Phi) is 6.45. The quantitative estimate of drug-likeness (QED) is 0.278. The van der Waals surface area contributed by atoms with Crippen LogP contribution in [0.5, 0.6) is 0 Å². The van der Waals surface area contributed by atoms with E-state index in [0.29, 0.717) is 0 Å². The standard InChI is InChI=1S/C22H19.2ClH.Zr/c1-3-16-13-18-8-6-10-20(21(18)14-16)22-15(2)11-12-17-7-4-5-9-19(17)22;;;/h4-14H,3H2,1-2H3;2*1H;/q-1;;;+2/p-2. The average Bonchev–Trinajstić information content (AvgIpc) is 3.06. The molecule has 0 radical (unpaired) electrons. The molecular weight excluding hydrogens is 426 g/mol. The van der Waals surface area contributed by atoms with E-state index in [2.05, 4.69) is 80.6 Å². The monoisotopic (exact) mass is 443 g/mol. The van der Waals surface area contributed by atoms with Crippen LogP contribution in [0.2, 0.25) is 0 Å². The zero-order valence-corrected chi connectivity index (χ0v) is 18.3. The fourth-order valence-electron chi connectivity index (χ4n) is 3.46. The predicted octanol–water partition coefficient (Wildman–Crippen LogP) is 7.63. The van der Waals surface area contributed by atoms with Crippen LogP contribution in [-0.2, 0) is 27.3 Å². The minimum atomic E-state index is -0.826. The zero-order chi connectivity index (χ0) is 17.8. The summed E-state index contributed by atoms with van der Waals surface area (Å²) in [5.74, 6) is 0. The first-order valence-electron chi connectivity index (χ1n) is 8.33. The molecule has 0 N–H and O–H groups in total. The van der Waals surface area contributed by atoms with Crippen molar-refractivity contribution < 1.29 is 20.8 Å². The second-order valence-electron chi connectivity index (χ2n) is 6.08. The molecule has 0 aromatic heterocycles.